The zero-order chi connectivity index (χ0) is 11.4. The first kappa shape index (κ1) is 11.2. The van der Waals surface area contributed by atoms with Crippen LogP contribution in [-0.2, 0) is 6.42 Å². The van der Waals surface area contributed by atoms with Gasteiger partial charge in [-0.05, 0) is 37.1 Å². The molecular formula is C14H19NO. The highest BCUT2D eigenvalue weighted by Gasteiger charge is 2.04. The van der Waals surface area contributed by atoms with Gasteiger partial charge >= 0.3 is 0 Å². The van der Waals surface area contributed by atoms with Crippen LogP contribution in [0.1, 0.15) is 19.4 Å². The first-order chi connectivity index (χ1) is 7.77. The predicted molar refractivity (Wildman–Crippen MR) is 67.6 cm³/mol. The summed E-state index contributed by atoms with van der Waals surface area (Å²) in [6, 6.07) is 8.20. The number of hydrogen-bond acceptors (Lipinski definition) is 2. The average Bonchev–Trinajstić information content (AvgIpc) is 2.68. The SMILES string of the molecule is CC(C)CNCCc1coc2ccccc12. The van der Waals surface area contributed by atoms with Gasteiger partial charge in [0, 0.05) is 5.39 Å². The highest BCUT2D eigenvalue weighted by molar-refractivity contribution is 5.80. The maximum atomic E-state index is 5.50. The fourth-order valence-corrected chi connectivity index (χ4v) is 1.84. The summed E-state index contributed by atoms with van der Waals surface area (Å²) >= 11 is 0. The van der Waals surface area contributed by atoms with Crippen molar-refractivity contribution < 1.29 is 4.42 Å². The first-order valence-corrected chi connectivity index (χ1v) is 5.93. The Balaban J connectivity index is 1.94. The topological polar surface area (TPSA) is 25.2 Å². The van der Waals surface area contributed by atoms with Crippen LogP contribution in [0.2, 0.25) is 0 Å². The van der Waals surface area contributed by atoms with Crippen LogP contribution in [0.25, 0.3) is 11.0 Å². The summed E-state index contributed by atoms with van der Waals surface area (Å²) < 4.78 is 5.50. The van der Waals surface area contributed by atoms with Crippen LogP contribution in [0, 0.1) is 5.92 Å². The standard InChI is InChI=1S/C14H19NO/c1-11(2)9-15-8-7-12-10-16-14-6-4-3-5-13(12)14/h3-6,10-11,15H,7-9H2,1-2H3. The smallest absolute Gasteiger partial charge is 0.134 e. The van der Waals surface area contributed by atoms with E-state index in [0.29, 0.717) is 5.92 Å². The molecule has 1 aromatic carbocycles. The number of nitrogens with one attached hydrogen (secondary N) is 1. The van der Waals surface area contributed by atoms with E-state index in [0.717, 1.165) is 25.1 Å². The average molecular weight is 217 g/mol. The summed E-state index contributed by atoms with van der Waals surface area (Å²) in [5, 5.41) is 4.69. The molecule has 0 bridgehead atoms. The van der Waals surface area contributed by atoms with E-state index in [1.165, 1.54) is 10.9 Å². The maximum absolute atomic E-state index is 5.50. The molecule has 16 heavy (non-hydrogen) atoms. The van der Waals surface area contributed by atoms with E-state index in [4.69, 9.17) is 4.42 Å². The lowest BCUT2D eigenvalue weighted by Crippen LogP contribution is -2.21. The van der Waals surface area contributed by atoms with E-state index in [1.807, 2.05) is 18.4 Å². The van der Waals surface area contributed by atoms with Gasteiger partial charge in [-0.2, -0.15) is 0 Å². The molecule has 0 aliphatic rings. The molecule has 0 unspecified atom stereocenters. The molecule has 0 saturated carbocycles. The summed E-state index contributed by atoms with van der Waals surface area (Å²) in [5.41, 5.74) is 2.29. The highest BCUT2D eigenvalue weighted by atomic mass is 16.3. The minimum absolute atomic E-state index is 0.709. The molecule has 0 atom stereocenters. The van der Waals surface area contributed by atoms with Crippen molar-refractivity contribution in [3.8, 4) is 0 Å². The van der Waals surface area contributed by atoms with Gasteiger partial charge in [-0.25, -0.2) is 0 Å². The minimum atomic E-state index is 0.709. The molecule has 1 N–H and O–H groups in total. The molecule has 0 aliphatic carbocycles. The summed E-state index contributed by atoms with van der Waals surface area (Å²) in [5.74, 6) is 0.709. The van der Waals surface area contributed by atoms with Gasteiger partial charge in [0.1, 0.15) is 5.58 Å². The molecule has 2 nitrogen and oxygen atoms in total. The fourth-order valence-electron chi connectivity index (χ4n) is 1.84. The lowest BCUT2D eigenvalue weighted by Gasteiger charge is -2.06. The Hall–Kier alpha value is -1.28. The van der Waals surface area contributed by atoms with Crippen LogP contribution in [0.5, 0.6) is 0 Å². The Morgan fingerprint density at radius 1 is 1.25 bits per heavy atom. The van der Waals surface area contributed by atoms with E-state index in [9.17, 15) is 0 Å². The van der Waals surface area contributed by atoms with E-state index in [1.54, 1.807) is 0 Å². The zero-order valence-electron chi connectivity index (χ0n) is 9.99. The summed E-state index contributed by atoms with van der Waals surface area (Å²) in [6.07, 6.45) is 2.91. The van der Waals surface area contributed by atoms with Crippen LogP contribution in [-0.4, -0.2) is 13.1 Å². The van der Waals surface area contributed by atoms with Crippen molar-refractivity contribution in [1.82, 2.24) is 5.32 Å². The third-order valence-electron chi connectivity index (χ3n) is 2.68. The minimum Gasteiger partial charge on any atom is -0.464 e. The number of fused-ring (bicyclic) bond motifs is 1. The number of rotatable bonds is 5. The second-order valence-corrected chi connectivity index (χ2v) is 4.61. The van der Waals surface area contributed by atoms with Gasteiger partial charge in [0.2, 0.25) is 0 Å². The zero-order valence-corrected chi connectivity index (χ0v) is 9.99. The number of hydrogen-bond donors (Lipinski definition) is 1. The third-order valence-corrected chi connectivity index (χ3v) is 2.68. The third kappa shape index (κ3) is 2.64. The molecule has 1 heterocycles. The van der Waals surface area contributed by atoms with Gasteiger partial charge in [0.05, 0.1) is 6.26 Å². The fraction of sp³-hybridized carbons (Fsp3) is 0.429. The second-order valence-electron chi connectivity index (χ2n) is 4.61. The molecule has 0 amide bonds. The largest absolute Gasteiger partial charge is 0.464 e. The van der Waals surface area contributed by atoms with Crippen molar-refractivity contribution in [2.45, 2.75) is 20.3 Å². The van der Waals surface area contributed by atoms with Crippen molar-refractivity contribution in [1.29, 1.82) is 0 Å². The molecule has 0 fully saturated rings. The Morgan fingerprint density at radius 2 is 2.06 bits per heavy atom. The second kappa shape index (κ2) is 5.17. The highest BCUT2D eigenvalue weighted by Crippen LogP contribution is 2.20. The quantitative estimate of drug-likeness (QED) is 0.778. The number of para-hydroxylation sites is 1. The van der Waals surface area contributed by atoms with E-state index >= 15 is 0 Å². The van der Waals surface area contributed by atoms with Gasteiger partial charge in [-0.1, -0.05) is 32.0 Å². The molecule has 2 aromatic rings. The lowest BCUT2D eigenvalue weighted by molar-refractivity contribution is 0.552. The Labute approximate surface area is 96.6 Å². The molecule has 0 aliphatic heterocycles. The molecule has 0 radical (unpaired) electrons. The first-order valence-electron chi connectivity index (χ1n) is 5.93. The van der Waals surface area contributed by atoms with Crippen LogP contribution in [0.3, 0.4) is 0 Å². The summed E-state index contributed by atoms with van der Waals surface area (Å²) in [6.45, 7) is 6.54. The summed E-state index contributed by atoms with van der Waals surface area (Å²) in [7, 11) is 0. The maximum Gasteiger partial charge on any atom is 0.134 e. The van der Waals surface area contributed by atoms with E-state index in [-0.39, 0.29) is 0 Å². The van der Waals surface area contributed by atoms with Gasteiger partial charge in [-0.15, -0.1) is 0 Å². The van der Waals surface area contributed by atoms with Gasteiger partial charge in [0.25, 0.3) is 0 Å². The lowest BCUT2D eigenvalue weighted by atomic mass is 10.1. The molecular weight excluding hydrogens is 198 g/mol. The Kier molecular flexibility index (Phi) is 3.62. The van der Waals surface area contributed by atoms with Crippen molar-refractivity contribution in [3.05, 3.63) is 36.1 Å². The van der Waals surface area contributed by atoms with Gasteiger partial charge < -0.3 is 9.73 Å². The summed E-state index contributed by atoms with van der Waals surface area (Å²) in [4.78, 5) is 0. The van der Waals surface area contributed by atoms with Gasteiger partial charge in [-0.3, -0.25) is 0 Å². The van der Waals surface area contributed by atoms with Crippen molar-refractivity contribution in [2.24, 2.45) is 5.92 Å². The number of furan rings is 1. The monoisotopic (exact) mass is 217 g/mol. The van der Waals surface area contributed by atoms with E-state index < -0.39 is 0 Å². The molecule has 0 saturated heterocycles. The van der Waals surface area contributed by atoms with Crippen molar-refractivity contribution in [3.63, 3.8) is 0 Å². The van der Waals surface area contributed by atoms with Crippen LogP contribution in [0.4, 0.5) is 0 Å². The number of benzene rings is 1. The van der Waals surface area contributed by atoms with Gasteiger partial charge in [0.15, 0.2) is 0 Å². The Morgan fingerprint density at radius 3 is 2.88 bits per heavy atom. The molecule has 86 valence electrons. The molecule has 1 aromatic heterocycles. The molecule has 2 rings (SSSR count). The predicted octanol–water partition coefficient (Wildman–Crippen LogP) is 3.22. The van der Waals surface area contributed by atoms with Crippen molar-refractivity contribution >= 4 is 11.0 Å². The molecule has 0 spiro atoms. The normalized spacial score (nSPS) is 11.4. The van der Waals surface area contributed by atoms with Crippen LogP contribution in [0.15, 0.2) is 34.9 Å². The van der Waals surface area contributed by atoms with E-state index in [2.05, 4.69) is 31.3 Å². The van der Waals surface area contributed by atoms with Crippen molar-refractivity contribution in [2.75, 3.05) is 13.1 Å². The van der Waals surface area contributed by atoms with Crippen LogP contribution >= 0.6 is 0 Å². The Bertz CT molecular complexity index is 445. The molecule has 2 heteroatoms. The van der Waals surface area contributed by atoms with Crippen LogP contribution < -0.4 is 5.32 Å².